The second-order valence-corrected chi connectivity index (χ2v) is 9.32. The fourth-order valence-electron chi connectivity index (χ4n) is 3.48. The van der Waals surface area contributed by atoms with Crippen molar-refractivity contribution in [3.05, 3.63) is 74.7 Å². The van der Waals surface area contributed by atoms with Gasteiger partial charge in [-0.3, -0.25) is 14.7 Å². The van der Waals surface area contributed by atoms with Gasteiger partial charge in [0.2, 0.25) is 5.91 Å². The molecule has 0 aliphatic carbocycles. The molecule has 3 aromatic heterocycles. The summed E-state index contributed by atoms with van der Waals surface area (Å²) in [6.07, 6.45) is 0.417. The van der Waals surface area contributed by atoms with Gasteiger partial charge in [0.25, 0.3) is 5.56 Å². The molecule has 35 heavy (non-hydrogen) atoms. The van der Waals surface area contributed by atoms with E-state index in [0.29, 0.717) is 23.2 Å². The van der Waals surface area contributed by atoms with Crippen molar-refractivity contribution in [2.45, 2.75) is 23.6 Å². The Morgan fingerprint density at radius 1 is 1.26 bits per heavy atom. The minimum absolute atomic E-state index is 0.00488. The Hall–Kier alpha value is -4.32. The highest BCUT2D eigenvalue weighted by Gasteiger charge is 2.26. The first-order valence-electron chi connectivity index (χ1n) is 10.5. The predicted molar refractivity (Wildman–Crippen MR) is 136 cm³/mol. The van der Waals surface area contributed by atoms with Crippen LogP contribution in [0.25, 0.3) is 16.8 Å². The van der Waals surface area contributed by atoms with Crippen LogP contribution in [0.1, 0.15) is 24.5 Å². The first-order valence-corrected chi connectivity index (χ1v) is 12.3. The number of hydrogen-bond donors (Lipinski definition) is 3. The lowest BCUT2D eigenvalue weighted by Gasteiger charge is -2.16. The second kappa shape index (κ2) is 10.3. The smallest absolute Gasteiger partial charge is 0.273 e. The number of nitrogens with zero attached hydrogens (tertiary/aromatic N) is 4. The SMILES string of the molecule is CCC(Sc1nc(N)c(C#N)c(-c2ccsc2)c1C#N)C(=O)Nc1cc(=O)n(-c2ccccc2)[nH]1. The highest BCUT2D eigenvalue weighted by Crippen LogP contribution is 2.38. The number of rotatable bonds is 7. The van der Waals surface area contributed by atoms with E-state index in [9.17, 15) is 20.1 Å². The van der Waals surface area contributed by atoms with E-state index < -0.39 is 5.25 Å². The van der Waals surface area contributed by atoms with Crippen molar-refractivity contribution in [1.29, 1.82) is 10.5 Å². The maximum atomic E-state index is 13.1. The van der Waals surface area contributed by atoms with Crippen LogP contribution in [0.5, 0.6) is 0 Å². The van der Waals surface area contributed by atoms with Crippen LogP contribution < -0.4 is 16.6 Å². The monoisotopic (exact) mass is 501 g/mol. The molecule has 0 radical (unpaired) electrons. The summed E-state index contributed by atoms with van der Waals surface area (Å²) in [4.78, 5) is 29.7. The van der Waals surface area contributed by atoms with Crippen LogP contribution in [0, 0.1) is 22.7 Å². The molecule has 0 saturated heterocycles. The minimum Gasteiger partial charge on any atom is -0.383 e. The van der Waals surface area contributed by atoms with E-state index in [1.807, 2.05) is 29.8 Å². The van der Waals surface area contributed by atoms with Crippen molar-refractivity contribution in [1.82, 2.24) is 14.8 Å². The molecule has 1 amide bonds. The number of benzene rings is 1. The average Bonchev–Trinajstić information content (AvgIpc) is 3.52. The Balaban J connectivity index is 1.63. The first kappa shape index (κ1) is 23.8. The van der Waals surface area contributed by atoms with E-state index in [1.54, 1.807) is 30.3 Å². The number of carbonyl (C=O) groups excluding carboxylic acids is 1. The molecule has 1 unspecified atom stereocenters. The highest BCUT2D eigenvalue weighted by molar-refractivity contribution is 8.00. The summed E-state index contributed by atoms with van der Waals surface area (Å²) < 4.78 is 1.33. The average molecular weight is 502 g/mol. The molecule has 174 valence electrons. The molecule has 4 aromatic rings. The summed E-state index contributed by atoms with van der Waals surface area (Å²) in [6.45, 7) is 1.83. The number of thiophene rings is 1. The molecule has 11 heteroatoms. The van der Waals surface area contributed by atoms with Gasteiger partial charge in [0, 0.05) is 11.6 Å². The maximum absolute atomic E-state index is 13.1. The van der Waals surface area contributed by atoms with E-state index >= 15 is 0 Å². The van der Waals surface area contributed by atoms with Gasteiger partial charge in [-0.25, -0.2) is 9.67 Å². The Kier molecular flexibility index (Phi) is 7.01. The summed E-state index contributed by atoms with van der Waals surface area (Å²) in [5.74, 6) is -0.130. The number of hydrogen-bond acceptors (Lipinski definition) is 8. The molecule has 4 rings (SSSR count). The zero-order chi connectivity index (χ0) is 24.9. The van der Waals surface area contributed by atoms with Gasteiger partial charge in [0.15, 0.2) is 0 Å². The molecular weight excluding hydrogens is 482 g/mol. The van der Waals surface area contributed by atoms with Crippen LogP contribution in [0.15, 0.2) is 63.0 Å². The quantitative estimate of drug-likeness (QED) is 0.322. The number of thioether (sulfide) groups is 1. The van der Waals surface area contributed by atoms with Crippen LogP contribution in [0.4, 0.5) is 11.6 Å². The Morgan fingerprint density at radius 2 is 2.00 bits per heavy atom. The van der Waals surface area contributed by atoms with E-state index in [-0.39, 0.29) is 39.3 Å². The van der Waals surface area contributed by atoms with Crippen molar-refractivity contribution in [2.24, 2.45) is 0 Å². The number of carbonyl (C=O) groups is 1. The molecule has 1 atom stereocenters. The summed E-state index contributed by atoms with van der Waals surface area (Å²) in [6, 6.07) is 16.3. The van der Waals surface area contributed by atoms with Crippen molar-refractivity contribution < 1.29 is 4.79 Å². The lowest BCUT2D eigenvalue weighted by Crippen LogP contribution is -2.25. The summed E-state index contributed by atoms with van der Waals surface area (Å²) in [7, 11) is 0. The van der Waals surface area contributed by atoms with Gasteiger partial charge >= 0.3 is 0 Å². The van der Waals surface area contributed by atoms with Gasteiger partial charge in [-0.2, -0.15) is 21.9 Å². The highest BCUT2D eigenvalue weighted by atomic mass is 32.2. The second-order valence-electron chi connectivity index (χ2n) is 7.35. The van der Waals surface area contributed by atoms with Gasteiger partial charge in [-0.05, 0) is 40.9 Å². The number of amides is 1. The zero-order valence-electron chi connectivity index (χ0n) is 18.5. The number of H-pyrrole nitrogens is 1. The number of aromatic nitrogens is 3. The number of anilines is 2. The molecule has 3 heterocycles. The van der Waals surface area contributed by atoms with Crippen LogP contribution in [0.3, 0.4) is 0 Å². The van der Waals surface area contributed by atoms with Crippen molar-refractivity contribution in [3.8, 4) is 29.0 Å². The molecule has 4 N–H and O–H groups in total. The number of nitriles is 2. The zero-order valence-corrected chi connectivity index (χ0v) is 20.1. The van der Waals surface area contributed by atoms with Crippen molar-refractivity contribution in [3.63, 3.8) is 0 Å². The molecule has 9 nitrogen and oxygen atoms in total. The molecule has 1 aromatic carbocycles. The number of nitrogen functional groups attached to an aromatic ring is 1. The number of pyridine rings is 1. The normalized spacial score (nSPS) is 11.4. The van der Waals surface area contributed by atoms with Crippen molar-refractivity contribution in [2.75, 3.05) is 11.1 Å². The van der Waals surface area contributed by atoms with Crippen molar-refractivity contribution >= 4 is 40.6 Å². The van der Waals surface area contributed by atoms with Gasteiger partial charge in [0.05, 0.1) is 16.5 Å². The number of para-hydroxylation sites is 1. The standard InChI is InChI=1S/C24H19N7O2S2/c1-2-18(23(33)28-19-10-20(32)31(30-19)15-6-4-3-5-7-15)35-24-17(12-26)21(14-8-9-34-13-14)16(11-25)22(27)29-24/h3-10,13,18,30H,2H2,1H3,(H2,27,29)(H,28,33). The molecule has 0 aliphatic heterocycles. The summed E-state index contributed by atoms with van der Waals surface area (Å²) in [5.41, 5.74) is 7.79. The fraction of sp³-hybridized carbons (Fsp3) is 0.125. The summed E-state index contributed by atoms with van der Waals surface area (Å²) >= 11 is 2.52. The van der Waals surface area contributed by atoms with E-state index in [4.69, 9.17) is 5.73 Å². The third kappa shape index (κ3) is 4.82. The fourth-order valence-corrected chi connectivity index (χ4v) is 5.14. The third-order valence-corrected chi connectivity index (χ3v) is 7.17. The van der Waals surface area contributed by atoms with Gasteiger partial charge in [-0.15, -0.1) is 0 Å². The molecular formula is C24H19N7O2S2. The third-order valence-electron chi connectivity index (χ3n) is 5.14. The summed E-state index contributed by atoms with van der Waals surface area (Å²) in [5, 5.41) is 28.4. The molecule has 0 spiro atoms. The lowest BCUT2D eigenvalue weighted by molar-refractivity contribution is -0.115. The van der Waals surface area contributed by atoms with Crippen LogP contribution >= 0.6 is 23.1 Å². The van der Waals surface area contributed by atoms with E-state index in [2.05, 4.69) is 21.5 Å². The van der Waals surface area contributed by atoms with Gasteiger partial charge in [0.1, 0.15) is 34.4 Å². The number of aromatic amines is 1. The largest absolute Gasteiger partial charge is 0.383 e. The Morgan fingerprint density at radius 3 is 2.63 bits per heavy atom. The maximum Gasteiger partial charge on any atom is 0.273 e. The minimum atomic E-state index is -0.638. The Bertz CT molecular complexity index is 1510. The molecule has 0 fully saturated rings. The van der Waals surface area contributed by atoms with E-state index in [0.717, 1.165) is 11.8 Å². The first-order chi connectivity index (χ1) is 17.0. The Labute approximate surface area is 208 Å². The van der Waals surface area contributed by atoms with Crippen LogP contribution in [-0.2, 0) is 4.79 Å². The molecule has 0 aliphatic rings. The lowest BCUT2D eigenvalue weighted by atomic mass is 9.99. The van der Waals surface area contributed by atoms with Gasteiger partial charge in [-0.1, -0.05) is 36.9 Å². The molecule has 0 saturated carbocycles. The number of nitrogens with one attached hydrogen (secondary N) is 2. The number of nitrogens with two attached hydrogens (primary N) is 1. The molecule has 0 bridgehead atoms. The van der Waals surface area contributed by atoms with Gasteiger partial charge < -0.3 is 11.1 Å². The topological polar surface area (TPSA) is 153 Å². The van der Waals surface area contributed by atoms with Crippen LogP contribution in [0.2, 0.25) is 0 Å². The predicted octanol–water partition coefficient (Wildman–Crippen LogP) is 4.12. The van der Waals surface area contributed by atoms with Crippen LogP contribution in [-0.4, -0.2) is 25.9 Å². The van der Waals surface area contributed by atoms with E-state index in [1.165, 1.54) is 22.1 Å².